The number of nitrogens with one attached hydrogen (secondary N) is 1. The molecule has 1 N–H and O–H groups in total. The first kappa shape index (κ1) is 19.8. The molecule has 1 fully saturated rings. The molecule has 0 radical (unpaired) electrons. The van der Waals surface area contributed by atoms with Gasteiger partial charge in [0, 0.05) is 16.3 Å². The molecule has 6 nitrogen and oxygen atoms in total. The maximum absolute atomic E-state index is 13.1. The largest absolute Gasteiger partial charge is 0.444 e. The lowest BCUT2D eigenvalue weighted by Gasteiger charge is -2.28. The summed E-state index contributed by atoms with van der Waals surface area (Å²) in [6.07, 6.45) is 2.46. The predicted octanol–water partition coefficient (Wildman–Crippen LogP) is 4.98. The second kappa shape index (κ2) is 7.55. The van der Waals surface area contributed by atoms with Crippen LogP contribution in [0.15, 0.2) is 12.3 Å². The summed E-state index contributed by atoms with van der Waals surface area (Å²) in [7, 11) is 0. The quantitative estimate of drug-likeness (QED) is 0.773. The molecule has 2 amide bonds. The molecule has 146 valence electrons. The van der Waals surface area contributed by atoms with Crippen LogP contribution in [0.5, 0.6) is 0 Å². The van der Waals surface area contributed by atoms with E-state index in [1.165, 1.54) is 11.3 Å². The molecule has 1 atom stereocenters. The van der Waals surface area contributed by atoms with Gasteiger partial charge in [-0.3, -0.25) is 10.1 Å². The molecule has 0 saturated carbocycles. The molecule has 1 aliphatic rings. The van der Waals surface area contributed by atoms with Crippen LogP contribution in [0.1, 0.15) is 59.8 Å². The first-order valence-corrected chi connectivity index (χ1v) is 10.3. The van der Waals surface area contributed by atoms with Crippen molar-refractivity contribution >= 4 is 39.8 Å². The van der Waals surface area contributed by atoms with Gasteiger partial charge in [0.1, 0.15) is 5.60 Å². The SMILES string of the molecule is Cc1sc([C@@H]2CCCN2C(=O)OC(C)(C)C)cc1C(=O)Nc1ncc(F)s1. The second-order valence-electron chi connectivity index (χ2n) is 7.37. The summed E-state index contributed by atoms with van der Waals surface area (Å²) in [5.41, 5.74) is -0.0366. The van der Waals surface area contributed by atoms with Crippen LogP contribution in [-0.4, -0.2) is 34.0 Å². The highest BCUT2D eigenvalue weighted by Crippen LogP contribution is 2.38. The summed E-state index contributed by atoms with van der Waals surface area (Å²) < 4.78 is 18.6. The summed E-state index contributed by atoms with van der Waals surface area (Å²) in [6, 6.07) is 1.72. The van der Waals surface area contributed by atoms with Crippen molar-refractivity contribution in [1.82, 2.24) is 9.88 Å². The lowest BCUT2D eigenvalue weighted by Crippen LogP contribution is -2.36. The average molecular weight is 412 g/mol. The Hall–Kier alpha value is -2.00. The zero-order valence-electron chi connectivity index (χ0n) is 15.7. The van der Waals surface area contributed by atoms with E-state index in [2.05, 4.69) is 10.3 Å². The van der Waals surface area contributed by atoms with Gasteiger partial charge in [0.2, 0.25) is 0 Å². The van der Waals surface area contributed by atoms with Crippen LogP contribution in [0, 0.1) is 12.1 Å². The number of halogens is 1. The number of hydrogen-bond acceptors (Lipinski definition) is 6. The number of anilines is 1. The highest BCUT2D eigenvalue weighted by atomic mass is 32.1. The van der Waals surface area contributed by atoms with Gasteiger partial charge in [-0.2, -0.15) is 4.39 Å². The highest BCUT2D eigenvalue weighted by Gasteiger charge is 2.34. The van der Waals surface area contributed by atoms with E-state index >= 15 is 0 Å². The van der Waals surface area contributed by atoms with Gasteiger partial charge in [-0.1, -0.05) is 11.3 Å². The van der Waals surface area contributed by atoms with Crippen LogP contribution in [0.4, 0.5) is 14.3 Å². The van der Waals surface area contributed by atoms with Gasteiger partial charge in [0.05, 0.1) is 17.8 Å². The molecule has 9 heteroatoms. The van der Waals surface area contributed by atoms with Crippen molar-refractivity contribution in [1.29, 1.82) is 0 Å². The van der Waals surface area contributed by atoms with E-state index in [0.717, 1.165) is 40.1 Å². The summed E-state index contributed by atoms with van der Waals surface area (Å²) in [5.74, 6) is -0.328. The van der Waals surface area contributed by atoms with Crippen molar-refractivity contribution in [3.05, 3.63) is 32.7 Å². The molecule has 0 aromatic carbocycles. The minimum atomic E-state index is -0.552. The van der Waals surface area contributed by atoms with E-state index in [4.69, 9.17) is 4.74 Å². The standard InChI is InChI=1S/C18H22FN3O3S2/c1-10-11(15(23)21-16-20-9-14(19)27-16)8-13(26-10)12-6-5-7-22(12)17(24)25-18(2,3)4/h8-9,12H,5-7H2,1-4H3,(H,20,21,23)/t12-/m0/s1. The van der Waals surface area contributed by atoms with Crippen molar-refractivity contribution in [3.63, 3.8) is 0 Å². The normalized spacial score (nSPS) is 17.2. The molecule has 3 heterocycles. The number of aryl methyl sites for hydroxylation is 1. The number of thiazole rings is 1. The maximum Gasteiger partial charge on any atom is 0.410 e. The van der Waals surface area contributed by atoms with Crippen LogP contribution < -0.4 is 5.32 Å². The number of rotatable bonds is 3. The van der Waals surface area contributed by atoms with Crippen LogP contribution >= 0.6 is 22.7 Å². The Morgan fingerprint density at radius 2 is 2.11 bits per heavy atom. The minimum absolute atomic E-state index is 0.0950. The van der Waals surface area contributed by atoms with E-state index in [0.29, 0.717) is 12.1 Å². The topological polar surface area (TPSA) is 71.5 Å². The van der Waals surface area contributed by atoms with Crippen LogP contribution in [0.2, 0.25) is 0 Å². The third-order valence-electron chi connectivity index (χ3n) is 4.09. The van der Waals surface area contributed by atoms with Gasteiger partial charge in [0.15, 0.2) is 10.3 Å². The van der Waals surface area contributed by atoms with Crippen molar-refractivity contribution in [2.45, 2.75) is 52.2 Å². The smallest absolute Gasteiger partial charge is 0.410 e. The number of aromatic nitrogens is 1. The Balaban J connectivity index is 1.76. The Bertz CT molecular complexity index is 856. The van der Waals surface area contributed by atoms with Crippen LogP contribution in [0.3, 0.4) is 0 Å². The van der Waals surface area contributed by atoms with E-state index in [1.54, 1.807) is 4.90 Å². The third-order valence-corrected chi connectivity index (χ3v) is 5.94. The van der Waals surface area contributed by atoms with Crippen molar-refractivity contribution in [3.8, 4) is 0 Å². The van der Waals surface area contributed by atoms with Crippen molar-refractivity contribution < 1.29 is 18.7 Å². The minimum Gasteiger partial charge on any atom is -0.444 e. The summed E-state index contributed by atoms with van der Waals surface area (Å²) in [5, 5.41) is 2.39. The number of carbonyl (C=O) groups excluding carboxylic acids is 2. The lowest BCUT2D eigenvalue weighted by molar-refractivity contribution is 0.0227. The number of likely N-dealkylation sites (tertiary alicyclic amines) is 1. The van der Waals surface area contributed by atoms with E-state index in [-0.39, 0.29) is 23.2 Å². The molecular weight excluding hydrogens is 389 g/mol. The van der Waals surface area contributed by atoms with Gasteiger partial charge in [-0.15, -0.1) is 11.3 Å². The van der Waals surface area contributed by atoms with E-state index in [1.807, 2.05) is 33.8 Å². The second-order valence-corrected chi connectivity index (χ2v) is 9.64. The third kappa shape index (κ3) is 4.65. The average Bonchev–Trinajstić information content (AvgIpc) is 3.25. The molecule has 0 unspecified atom stereocenters. The van der Waals surface area contributed by atoms with Gasteiger partial charge >= 0.3 is 6.09 Å². The molecule has 0 bridgehead atoms. The molecule has 2 aromatic rings. The van der Waals surface area contributed by atoms with Gasteiger partial charge in [-0.25, -0.2) is 9.78 Å². The molecule has 1 saturated heterocycles. The van der Waals surface area contributed by atoms with Crippen molar-refractivity contribution in [2.24, 2.45) is 0 Å². The van der Waals surface area contributed by atoms with Gasteiger partial charge in [-0.05, 0) is 46.6 Å². The molecule has 0 aliphatic carbocycles. The highest BCUT2D eigenvalue weighted by molar-refractivity contribution is 7.14. The number of thiophene rings is 1. The lowest BCUT2D eigenvalue weighted by atomic mass is 10.1. The Morgan fingerprint density at radius 3 is 2.74 bits per heavy atom. The van der Waals surface area contributed by atoms with Gasteiger partial charge in [0.25, 0.3) is 5.91 Å². The molecule has 0 spiro atoms. The first-order valence-electron chi connectivity index (χ1n) is 8.66. The molecular formula is C18H22FN3O3S2. The van der Waals surface area contributed by atoms with E-state index < -0.39 is 10.7 Å². The van der Waals surface area contributed by atoms with Crippen LogP contribution in [-0.2, 0) is 4.74 Å². The van der Waals surface area contributed by atoms with Gasteiger partial charge < -0.3 is 9.64 Å². The fourth-order valence-electron chi connectivity index (χ4n) is 2.97. The first-order chi connectivity index (χ1) is 12.6. The molecule has 2 aromatic heterocycles. The fourth-order valence-corrected chi connectivity index (χ4v) is 4.69. The van der Waals surface area contributed by atoms with Crippen LogP contribution in [0.25, 0.3) is 0 Å². The van der Waals surface area contributed by atoms with E-state index in [9.17, 15) is 14.0 Å². The molecule has 27 heavy (non-hydrogen) atoms. The zero-order chi connectivity index (χ0) is 19.8. The monoisotopic (exact) mass is 411 g/mol. The summed E-state index contributed by atoms with van der Waals surface area (Å²) in [6.45, 7) is 8.02. The molecule has 3 rings (SSSR count). The number of amides is 2. The number of carbonyl (C=O) groups is 2. The number of ether oxygens (including phenoxy) is 1. The zero-order valence-corrected chi connectivity index (χ0v) is 17.3. The summed E-state index contributed by atoms with van der Waals surface area (Å²) in [4.78, 5) is 32.3. The Morgan fingerprint density at radius 1 is 1.37 bits per heavy atom. The predicted molar refractivity (Wildman–Crippen MR) is 104 cm³/mol. The maximum atomic E-state index is 13.1. The summed E-state index contributed by atoms with van der Waals surface area (Å²) >= 11 is 2.28. The fraction of sp³-hybridized carbons (Fsp3) is 0.500. The Labute approximate surface area is 165 Å². The molecule has 1 aliphatic heterocycles. The number of nitrogens with zero attached hydrogens (tertiary/aromatic N) is 2. The number of hydrogen-bond donors (Lipinski definition) is 1. The Kier molecular flexibility index (Phi) is 5.53. The van der Waals surface area contributed by atoms with Crippen molar-refractivity contribution in [2.75, 3.05) is 11.9 Å².